The molecule has 0 aliphatic carbocycles. The van der Waals surface area contributed by atoms with Gasteiger partial charge in [0.1, 0.15) is 0 Å². The molecule has 0 spiro atoms. The van der Waals surface area contributed by atoms with E-state index >= 15 is 0 Å². The van der Waals surface area contributed by atoms with E-state index < -0.39 is 18.2 Å². The van der Waals surface area contributed by atoms with Crippen LogP contribution in [0.2, 0.25) is 0 Å². The van der Waals surface area contributed by atoms with E-state index in [2.05, 4.69) is 0 Å². The van der Waals surface area contributed by atoms with Gasteiger partial charge >= 0.3 is 29.6 Å². The molecule has 0 aromatic heterocycles. The first-order valence-corrected chi connectivity index (χ1v) is 2.66. The summed E-state index contributed by atoms with van der Waals surface area (Å²) in [6.45, 7) is 1.54. The third kappa shape index (κ3) is 4.24. The average Bonchev–Trinajstić information content (AvgIpc) is 1.64. The van der Waals surface area contributed by atoms with Crippen LogP contribution in [-0.2, 0) is 4.79 Å². The Hall–Kier alpha value is 0.390. The van der Waals surface area contributed by atoms with Crippen molar-refractivity contribution >= 4 is 5.97 Å². The molecule has 0 aliphatic rings. The molecule has 54 valence electrons. The zero-order valence-corrected chi connectivity index (χ0v) is 8.07. The Balaban J connectivity index is 0. The second kappa shape index (κ2) is 6.12. The zero-order valence-electron chi connectivity index (χ0n) is 6.07. The molecule has 2 N–H and O–H groups in total. The summed E-state index contributed by atoms with van der Waals surface area (Å²) in [5.74, 6) is -2.59. The van der Waals surface area contributed by atoms with Crippen molar-refractivity contribution in [2.45, 2.75) is 19.6 Å². The van der Waals surface area contributed by atoms with Gasteiger partial charge in [-0.15, -0.1) is 0 Å². The van der Waals surface area contributed by atoms with Gasteiger partial charge in [-0.05, 0) is 6.42 Å². The number of hydrogen-bond donors (Lipinski definition) is 2. The number of carboxylic acid groups (broad SMARTS) is 1. The summed E-state index contributed by atoms with van der Waals surface area (Å²) in [5, 5.41) is 26.6. The van der Waals surface area contributed by atoms with Gasteiger partial charge in [0.05, 0.1) is 0 Å². The van der Waals surface area contributed by atoms with E-state index in [9.17, 15) is 9.90 Å². The van der Waals surface area contributed by atoms with Crippen molar-refractivity contribution in [1.29, 1.82) is 0 Å². The first kappa shape index (κ1) is 13.0. The third-order valence-electron chi connectivity index (χ3n) is 1.10. The summed E-state index contributed by atoms with van der Waals surface area (Å²) in [6.07, 6.45) is -1.64. The quantitative estimate of drug-likeness (QED) is 0.317. The minimum atomic E-state index is -1.81. The number of aliphatic hydroxyl groups excluding tert-OH is 1. The molecule has 0 saturated heterocycles. The third-order valence-corrected chi connectivity index (χ3v) is 1.10. The van der Waals surface area contributed by atoms with E-state index in [1.807, 2.05) is 0 Å². The summed E-state index contributed by atoms with van der Waals surface area (Å²) < 4.78 is 0. The molecule has 4 nitrogen and oxygen atoms in total. The van der Waals surface area contributed by atoms with Crippen LogP contribution in [0.5, 0.6) is 0 Å². The fraction of sp³-hybridized carbons (Fsp3) is 0.800. The van der Waals surface area contributed by atoms with Crippen molar-refractivity contribution < 1.29 is 49.7 Å². The van der Waals surface area contributed by atoms with E-state index in [-0.39, 0.29) is 36.0 Å². The number of carboxylic acids is 1. The molecule has 0 aromatic rings. The van der Waals surface area contributed by atoms with Gasteiger partial charge in [0, 0.05) is 11.9 Å². The minimum absolute atomic E-state index is 0. The van der Waals surface area contributed by atoms with E-state index in [0.717, 1.165) is 0 Å². The molecule has 0 rings (SSSR count). The zero-order chi connectivity index (χ0) is 7.44. The molecule has 10 heavy (non-hydrogen) atoms. The fourth-order valence-electron chi connectivity index (χ4n) is 0.499. The Morgan fingerprint density at radius 1 is 1.60 bits per heavy atom. The molecule has 0 bridgehead atoms. The maximum absolute atomic E-state index is 9.94. The first-order chi connectivity index (χ1) is 4.09. The standard InChI is InChI=1S/C5H10O4.Na/c1-2-3(4(6)7)5(8)9;/h3-4,6-7H,2H2,1H3,(H,8,9);/q;+1/p-1. The van der Waals surface area contributed by atoms with Gasteiger partial charge in [-0.1, -0.05) is 6.92 Å². The number of carbonyl (C=O) groups is 1. The SMILES string of the molecule is CCC(C(=O)[O-])C(O)O.[Na+]. The number of rotatable bonds is 3. The maximum Gasteiger partial charge on any atom is 1.00 e. The molecule has 0 aliphatic heterocycles. The fourth-order valence-corrected chi connectivity index (χ4v) is 0.499. The van der Waals surface area contributed by atoms with Crippen LogP contribution in [0.1, 0.15) is 13.3 Å². The minimum Gasteiger partial charge on any atom is -0.550 e. The second-order valence-electron chi connectivity index (χ2n) is 1.75. The van der Waals surface area contributed by atoms with Crippen LogP contribution in [0.25, 0.3) is 0 Å². The molecule has 0 aromatic carbocycles. The van der Waals surface area contributed by atoms with Crippen LogP contribution in [0.4, 0.5) is 0 Å². The van der Waals surface area contributed by atoms with Gasteiger partial charge in [-0.25, -0.2) is 0 Å². The molecule has 1 atom stereocenters. The topological polar surface area (TPSA) is 80.6 Å². The van der Waals surface area contributed by atoms with Crippen molar-refractivity contribution in [1.82, 2.24) is 0 Å². The Bertz CT molecular complexity index is 104. The maximum atomic E-state index is 9.94. The Labute approximate surface area is 81.2 Å². The predicted molar refractivity (Wildman–Crippen MR) is 27.0 cm³/mol. The van der Waals surface area contributed by atoms with Gasteiger partial charge in [0.15, 0.2) is 6.29 Å². The van der Waals surface area contributed by atoms with Gasteiger partial charge in [0.25, 0.3) is 0 Å². The van der Waals surface area contributed by atoms with Crippen LogP contribution in [0, 0.1) is 5.92 Å². The largest absolute Gasteiger partial charge is 1.00 e. The Morgan fingerprint density at radius 3 is 2.00 bits per heavy atom. The smallest absolute Gasteiger partial charge is 0.550 e. The number of hydrogen-bond acceptors (Lipinski definition) is 4. The van der Waals surface area contributed by atoms with Crippen LogP contribution in [0.15, 0.2) is 0 Å². The number of aliphatic carboxylic acids is 1. The normalized spacial score (nSPS) is 12.4. The van der Waals surface area contributed by atoms with Gasteiger partial charge in [-0.3, -0.25) is 0 Å². The van der Waals surface area contributed by atoms with E-state index in [4.69, 9.17) is 10.2 Å². The van der Waals surface area contributed by atoms with Gasteiger partial charge in [-0.2, -0.15) is 0 Å². The summed E-state index contributed by atoms with van der Waals surface area (Å²) in [6, 6.07) is 0. The number of carbonyl (C=O) groups excluding carboxylic acids is 1. The van der Waals surface area contributed by atoms with Crippen molar-refractivity contribution in [3.05, 3.63) is 0 Å². The molecule has 0 heterocycles. The molecule has 0 amide bonds. The summed E-state index contributed by atoms with van der Waals surface area (Å²) in [7, 11) is 0. The molecular formula is C5H9NaO4. The number of aliphatic hydroxyl groups is 2. The monoisotopic (exact) mass is 156 g/mol. The van der Waals surface area contributed by atoms with Crippen LogP contribution in [0.3, 0.4) is 0 Å². The molecule has 0 fully saturated rings. The van der Waals surface area contributed by atoms with Crippen LogP contribution >= 0.6 is 0 Å². The molecule has 0 saturated carbocycles. The van der Waals surface area contributed by atoms with Crippen LogP contribution in [-0.4, -0.2) is 22.5 Å². The van der Waals surface area contributed by atoms with Crippen molar-refractivity contribution in [3.8, 4) is 0 Å². The van der Waals surface area contributed by atoms with Crippen molar-refractivity contribution in [2.24, 2.45) is 5.92 Å². The Kier molecular flexibility index (Phi) is 7.97. The van der Waals surface area contributed by atoms with Crippen molar-refractivity contribution in [3.63, 3.8) is 0 Å². The van der Waals surface area contributed by atoms with E-state index in [1.54, 1.807) is 6.92 Å². The second-order valence-corrected chi connectivity index (χ2v) is 1.75. The molecule has 0 radical (unpaired) electrons. The summed E-state index contributed by atoms with van der Waals surface area (Å²) >= 11 is 0. The van der Waals surface area contributed by atoms with Crippen molar-refractivity contribution in [2.75, 3.05) is 0 Å². The summed E-state index contributed by atoms with van der Waals surface area (Å²) in [4.78, 5) is 9.94. The van der Waals surface area contributed by atoms with Gasteiger partial charge < -0.3 is 20.1 Å². The summed E-state index contributed by atoms with van der Waals surface area (Å²) in [5.41, 5.74) is 0. The molecular weight excluding hydrogens is 147 g/mol. The van der Waals surface area contributed by atoms with E-state index in [0.29, 0.717) is 0 Å². The van der Waals surface area contributed by atoms with E-state index in [1.165, 1.54) is 0 Å². The van der Waals surface area contributed by atoms with Crippen LogP contribution < -0.4 is 34.7 Å². The van der Waals surface area contributed by atoms with Gasteiger partial charge in [0.2, 0.25) is 0 Å². The first-order valence-electron chi connectivity index (χ1n) is 2.66. The Morgan fingerprint density at radius 2 is 2.00 bits per heavy atom. The molecule has 1 unspecified atom stereocenters. The average molecular weight is 156 g/mol. The predicted octanol–water partition coefficient (Wildman–Crippen LogP) is -4.92. The molecule has 5 heteroatoms.